The van der Waals surface area contributed by atoms with E-state index in [1.807, 2.05) is 52.3 Å². The third-order valence-corrected chi connectivity index (χ3v) is 6.68. The number of nitrogens with zero attached hydrogens (tertiary/aromatic N) is 2. The molecule has 0 bridgehead atoms. The van der Waals surface area contributed by atoms with Gasteiger partial charge in [-0.15, -0.1) is 0 Å². The number of nitrogens with two attached hydrogens (primary N) is 1. The molecule has 2 atom stereocenters. The molecule has 2 saturated heterocycles. The predicted molar refractivity (Wildman–Crippen MR) is 116 cm³/mol. The summed E-state index contributed by atoms with van der Waals surface area (Å²) in [5.74, 6) is 0.950. The van der Waals surface area contributed by atoms with Crippen LogP contribution in [0.2, 0.25) is 0 Å². The molecule has 2 heterocycles. The molecule has 2 aromatic carbocycles. The highest BCUT2D eigenvalue weighted by atomic mass is 16.2. The number of carbonyl (C=O) groups excluding carboxylic acids is 2. The van der Waals surface area contributed by atoms with Gasteiger partial charge in [0.15, 0.2) is 0 Å². The molecule has 5 heteroatoms. The Balaban J connectivity index is 1.41. The summed E-state index contributed by atoms with van der Waals surface area (Å²) in [5, 5.41) is 2.07. The first kappa shape index (κ1) is 19.9. The minimum absolute atomic E-state index is 0.00836. The van der Waals surface area contributed by atoms with Crippen LogP contribution in [-0.4, -0.2) is 53.8 Å². The number of hydrogen-bond donors (Lipinski definition) is 1. The van der Waals surface area contributed by atoms with E-state index in [9.17, 15) is 9.59 Å². The zero-order chi connectivity index (χ0) is 20.4. The lowest BCUT2D eigenvalue weighted by atomic mass is 9.89. The van der Waals surface area contributed by atoms with Crippen LogP contribution in [0.4, 0.5) is 0 Å². The highest BCUT2D eigenvalue weighted by molar-refractivity contribution is 6.07. The lowest BCUT2D eigenvalue weighted by Gasteiger charge is -2.41. The molecule has 2 fully saturated rings. The van der Waals surface area contributed by atoms with Crippen LogP contribution in [0.25, 0.3) is 10.8 Å². The quantitative estimate of drug-likeness (QED) is 0.870. The predicted octanol–water partition coefficient (Wildman–Crippen LogP) is 3.28. The molecule has 0 saturated carbocycles. The molecule has 2 aliphatic rings. The molecule has 0 spiro atoms. The summed E-state index contributed by atoms with van der Waals surface area (Å²) in [6, 6.07) is 14.0. The Morgan fingerprint density at radius 2 is 1.72 bits per heavy atom. The van der Waals surface area contributed by atoms with Crippen molar-refractivity contribution in [3.05, 3.63) is 48.0 Å². The summed E-state index contributed by atoms with van der Waals surface area (Å²) in [4.78, 5) is 30.2. The normalized spacial score (nSPS) is 23.4. The van der Waals surface area contributed by atoms with Crippen molar-refractivity contribution in [1.82, 2.24) is 9.80 Å². The van der Waals surface area contributed by atoms with E-state index < -0.39 is 0 Å². The molecule has 29 heavy (non-hydrogen) atoms. The summed E-state index contributed by atoms with van der Waals surface area (Å²) in [7, 11) is 0. The SMILES string of the molecule is CC1CCN(C(=O)C2CCN(C(=O)c3cccc4ccccc34)CC2)C(CN)C1. The second-order valence-electron chi connectivity index (χ2n) is 8.64. The molecule has 2 aromatic rings. The highest BCUT2D eigenvalue weighted by Gasteiger charge is 2.35. The molecular weight excluding hydrogens is 362 g/mol. The third-order valence-electron chi connectivity index (χ3n) is 6.68. The molecule has 0 aromatic heterocycles. The van der Waals surface area contributed by atoms with Crippen LogP contribution >= 0.6 is 0 Å². The van der Waals surface area contributed by atoms with Gasteiger partial charge < -0.3 is 15.5 Å². The van der Waals surface area contributed by atoms with Crippen molar-refractivity contribution in [2.75, 3.05) is 26.2 Å². The maximum Gasteiger partial charge on any atom is 0.254 e. The first-order chi connectivity index (χ1) is 14.1. The summed E-state index contributed by atoms with van der Waals surface area (Å²) >= 11 is 0. The van der Waals surface area contributed by atoms with E-state index in [2.05, 4.69) is 6.92 Å². The Labute approximate surface area is 172 Å². The summed E-state index contributed by atoms with van der Waals surface area (Å²) in [5.41, 5.74) is 6.70. The molecule has 5 nitrogen and oxygen atoms in total. The van der Waals surface area contributed by atoms with Crippen molar-refractivity contribution in [1.29, 1.82) is 0 Å². The fourth-order valence-electron chi connectivity index (χ4n) is 4.91. The summed E-state index contributed by atoms with van der Waals surface area (Å²) in [6.45, 7) is 4.86. The standard InChI is InChI=1S/C24H31N3O2/c1-17-9-14-27(20(15-17)16-25)23(28)19-10-12-26(13-11-19)24(29)22-8-4-6-18-5-2-3-7-21(18)22/h2-8,17,19-20H,9-16,25H2,1H3. The number of likely N-dealkylation sites (tertiary alicyclic amines) is 2. The van der Waals surface area contributed by atoms with Crippen molar-refractivity contribution in [2.45, 2.75) is 38.6 Å². The minimum atomic E-state index is 0.00836. The number of rotatable bonds is 3. The van der Waals surface area contributed by atoms with E-state index >= 15 is 0 Å². The van der Waals surface area contributed by atoms with E-state index in [-0.39, 0.29) is 23.8 Å². The van der Waals surface area contributed by atoms with Gasteiger partial charge in [-0.3, -0.25) is 9.59 Å². The number of fused-ring (bicyclic) bond motifs is 1. The molecule has 2 aliphatic heterocycles. The first-order valence-corrected chi connectivity index (χ1v) is 10.9. The monoisotopic (exact) mass is 393 g/mol. The van der Waals surface area contributed by atoms with Gasteiger partial charge in [0.2, 0.25) is 5.91 Å². The van der Waals surface area contributed by atoms with Crippen molar-refractivity contribution in [3.8, 4) is 0 Å². The van der Waals surface area contributed by atoms with E-state index in [1.165, 1.54) is 0 Å². The van der Waals surface area contributed by atoms with Gasteiger partial charge in [-0.05, 0) is 48.4 Å². The van der Waals surface area contributed by atoms with Crippen LogP contribution in [0.15, 0.2) is 42.5 Å². The molecule has 0 radical (unpaired) electrons. The molecule has 2 unspecified atom stereocenters. The molecule has 4 rings (SSSR count). The minimum Gasteiger partial charge on any atom is -0.339 e. The van der Waals surface area contributed by atoms with Crippen LogP contribution in [0.1, 0.15) is 43.0 Å². The second-order valence-corrected chi connectivity index (χ2v) is 8.64. The molecule has 2 N–H and O–H groups in total. The number of benzene rings is 2. The zero-order valence-corrected chi connectivity index (χ0v) is 17.2. The smallest absolute Gasteiger partial charge is 0.254 e. The van der Waals surface area contributed by atoms with Gasteiger partial charge in [0, 0.05) is 43.7 Å². The van der Waals surface area contributed by atoms with Crippen LogP contribution in [0.5, 0.6) is 0 Å². The topological polar surface area (TPSA) is 66.6 Å². The fourth-order valence-corrected chi connectivity index (χ4v) is 4.91. The lowest BCUT2D eigenvalue weighted by Crippen LogP contribution is -2.52. The van der Waals surface area contributed by atoms with Gasteiger partial charge in [-0.2, -0.15) is 0 Å². The number of hydrogen-bond acceptors (Lipinski definition) is 3. The molecule has 2 amide bonds. The van der Waals surface area contributed by atoms with Crippen LogP contribution < -0.4 is 5.73 Å². The maximum atomic E-state index is 13.1. The Kier molecular flexibility index (Phi) is 5.86. The molecule has 154 valence electrons. The van der Waals surface area contributed by atoms with Crippen molar-refractivity contribution >= 4 is 22.6 Å². The van der Waals surface area contributed by atoms with E-state index in [0.29, 0.717) is 25.6 Å². The maximum absolute atomic E-state index is 13.1. The average molecular weight is 394 g/mol. The summed E-state index contributed by atoms with van der Waals surface area (Å²) < 4.78 is 0. The molecular formula is C24H31N3O2. The van der Waals surface area contributed by atoms with E-state index in [4.69, 9.17) is 5.73 Å². The van der Waals surface area contributed by atoms with E-state index in [1.54, 1.807) is 0 Å². The van der Waals surface area contributed by atoms with Crippen molar-refractivity contribution in [3.63, 3.8) is 0 Å². The van der Waals surface area contributed by atoms with Crippen molar-refractivity contribution < 1.29 is 9.59 Å². The van der Waals surface area contributed by atoms with Gasteiger partial charge in [0.05, 0.1) is 0 Å². The Morgan fingerprint density at radius 1 is 1.00 bits per heavy atom. The molecule has 0 aliphatic carbocycles. The average Bonchev–Trinajstić information content (AvgIpc) is 2.77. The van der Waals surface area contributed by atoms with Crippen LogP contribution in [0, 0.1) is 11.8 Å². The number of amides is 2. The van der Waals surface area contributed by atoms with Gasteiger partial charge in [0.25, 0.3) is 5.91 Å². The largest absolute Gasteiger partial charge is 0.339 e. The Bertz CT molecular complexity index is 883. The second kappa shape index (κ2) is 8.54. The fraction of sp³-hybridized carbons (Fsp3) is 0.500. The number of piperidine rings is 2. The highest BCUT2D eigenvalue weighted by Crippen LogP contribution is 2.28. The lowest BCUT2D eigenvalue weighted by molar-refractivity contribution is -0.141. The van der Waals surface area contributed by atoms with Gasteiger partial charge in [0.1, 0.15) is 0 Å². The number of carbonyl (C=O) groups is 2. The van der Waals surface area contributed by atoms with Crippen LogP contribution in [0.3, 0.4) is 0 Å². The Morgan fingerprint density at radius 3 is 2.48 bits per heavy atom. The van der Waals surface area contributed by atoms with Crippen LogP contribution in [-0.2, 0) is 4.79 Å². The third kappa shape index (κ3) is 4.01. The first-order valence-electron chi connectivity index (χ1n) is 10.9. The zero-order valence-electron chi connectivity index (χ0n) is 17.2. The summed E-state index contributed by atoms with van der Waals surface area (Å²) in [6.07, 6.45) is 3.53. The van der Waals surface area contributed by atoms with E-state index in [0.717, 1.165) is 48.6 Å². The van der Waals surface area contributed by atoms with Gasteiger partial charge in [-0.25, -0.2) is 0 Å². The Hall–Kier alpha value is -2.40. The van der Waals surface area contributed by atoms with Crippen molar-refractivity contribution in [2.24, 2.45) is 17.6 Å². The van der Waals surface area contributed by atoms with Gasteiger partial charge in [-0.1, -0.05) is 43.3 Å². The van der Waals surface area contributed by atoms with Gasteiger partial charge >= 0.3 is 0 Å².